The van der Waals surface area contributed by atoms with Crippen LogP contribution in [0.3, 0.4) is 0 Å². The first-order valence-corrected chi connectivity index (χ1v) is 12.8. The molecule has 0 aliphatic heterocycles. The van der Waals surface area contributed by atoms with Gasteiger partial charge in [-0.05, 0) is 41.8 Å². The van der Waals surface area contributed by atoms with Crippen LogP contribution in [0, 0.1) is 0 Å². The van der Waals surface area contributed by atoms with Crippen molar-refractivity contribution in [1.29, 1.82) is 0 Å². The molecule has 0 spiro atoms. The fraction of sp³-hybridized carbons (Fsp3) is 0.875. The molecular formula is C16H36O2Si2. The molecule has 0 aliphatic carbocycles. The van der Waals surface area contributed by atoms with E-state index in [4.69, 9.17) is 8.91 Å². The number of hydrogen-bond donors (Lipinski definition) is 0. The average molecular weight is 317 g/mol. The highest BCUT2D eigenvalue weighted by Crippen LogP contribution is 2.47. The largest absolute Gasteiger partial charge is 0.454 e. The van der Waals surface area contributed by atoms with Crippen molar-refractivity contribution in [2.24, 2.45) is 0 Å². The van der Waals surface area contributed by atoms with E-state index in [1.165, 1.54) is 18.0 Å². The third-order valence-electron chi connectivity index (χ3n) is 4.97. The lowest BCUT2D eigenvalue weighted by Crippen LogP contribution is -2.56. The van der Waals surface area contributed by atoms with Crippen LogP contribution >= 0.6 is 0 Å². The molecule has 0 aromatic carbocycles. The van der Waals surface area contributed by atoms with Gasteiger partial charge in [-0.15, -0.1) is 0 Å². The molecule has 2 atom stereocenters. The fourth-order valence-electron chi connectivity index (χ4n) is 2.01. The highest BCUT2D eigenvalue weighted by Gasteiger charge is 2.49. The number of hydrogen-bond acceptors (Lipinski definition) is 2. The summed E-state index contributed by atoms with van der Waals surface area (Å²) in [6.07, 6.45) is 0. The van der Waals surface area contributed by atoms with E-state index in [2.05, 4.69) is 75.1 Å². The topological polar surface area (TPSA) is 26.3 Å². The van der Waals surface area contributed by atoms with Gasteiger partial charge in [0.05, 0.1) is 0 Å². The molecule has 0 fully saturated rings. The second-order valence-electron chi connectivity index (χ2n) is 7.92. The molecule has 0 bridgehead atoms. The molecule has 0 amide bonds. The summed E-state index contributed by atoms with van der Waals surface area (Å²) in [4.78, 5) is 8.57. The zero-order chi connectivity index (χ0) is 16.8. The van der Waals surface area contributed by atoms with Crippen LogP contribution in [0.5, 0.6) is 0 Å². The summed E-state index contributed by atoms with van der Waals surface area (Å²) in [6, 6.07) is 2.43. The first-order valence-electron chi connectivity index (χ1n) is 7.59. The average Bonchev–Trinajstić information content (AvgIpc) is 2.26. The van der Waals surface area contributed by atoms with Crippen molar-refractivity contribution in [2.75, 3.05) is 0 Å². The van der Waals surface area contributed by atoms with Gasteiger partial charge in [-0.2, -0.15) is 0 Å². The van der Waals surface area contributed by atoms with Gasteiger partial charge in [-0.3, -0.25) is 0 Å². The van der Waals surface area contributed by atoms with Gasteiger partial charge < -0.3 is 4.12 Å². The highest BCUT2D eigenvalue weighted by atomic mass is 28.4. The van der Waals surface area contributed by atoms with Crippen LogP contribution in [0.25, 0.3) is 0 Å². The molecule has 4 heteroatoms. The van der Waals surface area contributed by atoms with Crippen LogP contribution in [0.1, 0.15) is 55.4 Å². The first-order chi connectivity index (χ1) is 8.74. The molecule has 0 aliphatic rings. The summed E-state index contributed by atoms with van der Waals surface area (Å²) in [5, 5.41) is 0.660. The SMILES string of the molecule is C=C=O.CC[Si](C)(O[Si](C)(CC)C(C)(C)C)C(C)(C)C. The van der Waals surface area contributed by atoms with Crippen LogP contribution in [-0.4, -0.2) is 22.6 Å². The summed E-state index contributed by atoms with van der Waals surface area (Å²) < 4.78 is 6.93. The van der Waals surface area contributed by atoms with Crippen molar-refractivity contribution < 1.29 is 8.91 Å². The van der Waals surface area contributed by atoms with Crippen molar-refractivity contribution in [3.8, 4) is 0 Å². The molecule has 0 rings (SSSR count). The molecule has 20 heavy (non-hydrogen) atoms. The van der Waals surface area contributed by atoms with Gasteiger partial charge in [0.25, 0.3) is 0 Å². The lowest BCUT2D eigenvalue weighted by molar-refractivity contribution is 0.435. The zero-order valence-corrected chi connectivity index (χ0v) is 17.4. The van der Waals surface area contributed by atoms with Crippen molar-refractivity contribution in [3.63, 3.8) is 0 Å². The van der Waals surface area contributed by atoms with Crippen LogP contribution in [-0.2, 0) is 8.91 Å². The Morgan fingerprint density at radius 2 is 1.10 bits per heavy atom. The Balaban J connectivity index is 0. The van der Waals surface area contributed by atoms with E-state index < -0.39 is 16.6 Å². The lowest BCUT2D eigenvalue weighted by Gasteiger charge is -2.50. The van der Waals surface area contributed by atoms with Gasteiger partial charge in [0.1, 0.15) is 5.94 Å². The second kappa shape index (κ2) is 7.74. The molecule has 0 N–H and O–H groups in total. The molecule has 2 unspecified atom stereocenters. The third-order valence-corrected chi connectivity index (χ3v) is 17.6. The Bertz CT molecular complexity index is 296. The van der Waals surface area contributed by atoms with E-state index in [0.717, 1.165) is 0 Å². The van der Waals surface area contributed by atoms with Crippen LogP contribution in [0.15, 0.2) is 6.58 Å². The predicted molar refractivity (Wildman–Crippen MR) is 96.0 cm³/mol. The van der Waals surface area contributed by atoms with Crippen LogP contribution in [0.2, 0.25) is 35.3 Å². The molecule has 0 aromatic heterocycles. The Morgan fingerprint density at radius 3 is 1.20 bits per heavy atom. The summed E-state index contributed by atoms with van der Waals surface area (Å²) in [5.74, 6) is 1.25. The molecule has 0 radical (unpaired) electrons. The first kappa shape index (κ1) is 22.1. The van der Waals surface area contributed by atoms with Crippen molar-refractivity contribution >= 4 is 22.6 Å². The summed E-state index contributed by atoms with van der Waals surface area (Å²) >= 11 is 0. The zero-order valence-electron chi connectivity index (χ0n) is 15.4. The maximum absolute atomic E-state index is 8.57. The van der Waals surface area contributed by atoms with Gasteiger partial charge in [-0.25, -0.2) is 4.79 Å². The Kier molecular flexibility index (Phi) is 8.56. The van der Waals surface area contributed by atoms with Gasteiger partial charge in [-0.1, -0.05) is 55.4 Å². The molecule has 120 valence electrons. The standard InChI is InChI=1S/C14H34OSi2.C2H2O/c1-11-16(9,13(3,4)5)15-17(10,12-2)14(6,7)8;1-2-3/h11-12H2,1-10H3;1H2. The maximum atomic E-state index is 8.57. The minimum atomic E-state index is -1.63. The second-order valence-corrected chi connectivity index (χ2v) is 18.1. The molecule has 0 saturated carbocycles. The molecule has 0 aromatic rings. The minimum absolute atomic E-state index is 0.330. The third kappa shape index (κ3) is 5.68. The van der Waals surface area contributed by atoms with Crippen LogP contribution in [0.4, 0.5) is 0 Å². The highest BCUT2D eigenvalue weighted by molar-refractivity contribution is 6.88. The summed E-state index contributed by atoms with van der Waals surface area (Å²) in [5.41, 5.74) is 0. The summed E-state index contributed by atoms with van der Waals surface area (Å²) in [6.45, 7) is 26.3. The van der Waals surface area contributed by atoms with Gasteiger partial charge in [0, 0.05) is 0 Å². The van der Waals surface area contributed by atoms with Crippen LogP contribution < -0.4 is 0 Å². The quantitative estimate of drug-likeness (QED) is 0.484. The van der Waals surface area contributed by atoms with Crippen molar-refractivity contribution in [3.05, 3.63) is 6.58 Å². The van der Waals surface area contributed by atoms with E-state index >= 15 is 0 Å². The monoisotopic (exact) mass is 316 g/mol. The Morgan fingerprint density at radius 1 is 0.900 bits per heavy atom. The Hall–Kier alpha value is -0.156. The lowest BCUT2D eigenvalue weighted by atomic mass is 10.2. The number of rotatable bonds is 4. The molecule has 0 saturated heterocycles. The predicted octanol–water partition coefficient (Wildman–Crippen LogP) is 5.80. The van der Waals surface area contributed by atoms with Gasteiger partial charge in [0.2, 0.25) is 0 Å². The van der Waals surface area contributed by atoms with E-state index in [1.54, 1.807) is 0 Å². The molecule has 2 nitrogen and oxygen atoms in total. The van der Waals surface area contributed by atoms with E-state index in [-0.39, 0.29) is 0 Å². The summed E-state index contributed by atoms with van der Waals surface area (Å²) in [7, 11) is -3.26. The minimum Gasteiger partial charge on any atom is -0.454 e. The van der Waals surface area contributed by atoms with Gasteiger partial charge >= 0.3 is 0 Å². The fourth-order valence-corrected chi connectivity index (χ4v) is 11.7. The van der Waals surface area contributed by atoms with E-state index in [0.29, 0.717) is 10.1 Å². The number of carbonyl (C=O) groups excluding carboxylic acids is 1. The van der Waals surface area contributed by atoms with E-state index in [1.807, 2.05) is 0 Å². The van der Waals surface area contributed by atoms with Crippen molar-refractivity contribution in [1.82, 2.24) is 0 Å². The molecule has 0 heterocycles. The Labute approximate surface area is 129 Å². The smallest absolute Gasteiger partial charge is 0.181 e. The normalized spacial score (nSPS) is 18.1. The van der Waals surface area contributed by atoms with Crippen molar-refractivity contribution in [2.45, 2.75) is 90.6 Å². The molecular weight excluding hydrogens is 280 g/mol. The van der Waals surface area contributed by atoms with E-state index in [9.17, 15) is 0 Å². The maximum Gasteiger partial charge on any atom is 0.181 e. The van der Waals surface area contributed by atoms with Gasteiger partial charge in [0.15, 0.2) is 16.6 Å².